The molecule has 8 heteroatoms. The Balaban J connectivity index is 1.40. The van der Waals surface area contributed by atoms with Crippen molar-refractivity contribution >= 4 is 12.2 Å². The van der Waals surface area contributed by atoms with Crippen LogP contribution in [0.25, 0.3) is 0 Å². The molecular formula is C25H39NO7. The Hall–Kier alpha value is -1.06. The van der Waals surface area contributed by atoms with E-state index in [0.717, 1.165) is 57.8 Å². The molecule has 3 aliphatic heterocycles. The first-order valence-electron chi connectivity index (χ1n) is 13.0. The first-order valence-corrected chi connectivity index (χ1v) is 13.0. The average Bonchev–Trinajstić information content (AvgIpc) is 3.37. The molecule has 0 aromatic carbocycles. The zero-order valence-corrected chi connectivity index (χ0v) is 20.2. The Morgan fingerprint density at radius 1 is 0.939 bits per heavy atom. The smallest absolute Gasteiger partial charge is 0.330 e. The molecule has 3 heterocycles. The summed E-state index contributed by atoms with van der Waals surface area (Å²) in [4.78, 5) is 17.0. The van der Waals surface area contributed by atoms with Gasteiger partial charge in [0.15, 0.2) is 17.9 Å². The molecule has 5 rings (SSSR count). The quantitative estimate of drug-likeness (QED) is 0.450. The molecule has 7 atom stereocenters. The summed E-state index contributed by atoms with van der Waals surface area (Å²) in [7, 11) is 1.40. The molecule has 0 radical (unpaired) electrons. The van der Waals surface area contributed by atoms with E-state index in [9.17, 15) is 4.79 Å². The minimum absolute atomic E-state index is 0.0582. The molecule has 33 heavy (non-hydrogen) atoms. The van der Waals surface area contributed by atoms with Crippen LogP contribution in [0.5, 0.6) is 0 Å². The van der Waals surface area contributed by atoms with Crippen molar-refractivity contribution < 1.29 is 33.2 Å². The maximum Gasteiger partial charge on any atom is 0.330 e. The average molecular weight is 466 g/mol. The number of carbonyl (C=O) groups is 1. The van der Waals surface area contributed by atoms with Crippen molar-refractivity contribution in [1.82, 2.24) is 0 Å². The molecule has 3 saturated heterocycles. The van der Waals surface area contributed by atoms with Gasteiger partial charge in [-0.1, -0.05) is 33.1 Å². The van der Waals surface area contributed by atoms with Gasteiger partial charge in [-0.2, -0.15) is 0 Å². The van der Waals surface area contributed by atoms with Crippen LogP contribution in [0, 0.1) is 5.92 Å². The second-order valence-electron chi connectivity index (χ2n) is 10.4. The second kappa shape index (κ2) is 9.53. The number of rotatable bonds is 5. The number of methoxy groups -OCH3 is 1. The highest BCUT2D eigenvalue weighted by molar-refractivity contribution is 5.79. The molecule has 0 amide bonds. The summed E-state index contributed by atoms with van der Waals surface area (Å²) in [5, 5.41) is 0. The van der Waals surface area contributed by atoms with Gasteiger partial charge in [0, 0.05) is 31.9 Å². The summed E-state index contributed by atoms with van der Waals surface area (Å²) in [6, 6.07) is -0.573. The van der Waals surface area contributed by atoms with E-state index in [4.69, 9.17) is 28.4 Å². The highest BCUT2D eigenvalue weighted by Crippen LogP contribution is 2.50. The van der Waals surface area contributed by atoms with Crippen LogP contribution in [0.3, 0.4) is 0 Å². The number of aliphatic imine (C=N–C) groups is 1. The molecule has 2 aliphatic carbocycles. The van der Waals surface area contributed by atoms with Crippen LogP contribution in [0.15, 0.2) is 4.99 Å². The fourth-order valence-electron chi connectivity index (χ4n) is 6.07. The van der Waals surface area contributed by atoms with Crippen molar-refractivity contribution in [3.05, 3.63) is 0 Å². The standard InChI is InChI=1S/C25H39NO7/c1-4-16(2)18(22(27)28-3)26-15-17-19-20(31-24(30-19)11-7-5-8-12-24)21-23(29-17)33-25(32-21)13-9-6-10-14-25/h15-21,23H,4-14H2,1-3H3/t16-,17+,18+,19-,20-,21+,23+/m0/s1. The van der Waals surface area contributed by atoms with E-state index in [2.05, 4.69) is 4.99 Å². The normalized spacial score (nSPS) is 38.8. The number of nitrogens with zero attached hydrogens (tertiary/aromatic N) is 1. The Morgan fingerprint density at radius 2 is 1.52 bits per heavy atom. The summed E-state index contributed by atoms with van der Waals surface area (Å²) < 4.78 is 37.6. The van der Waals surface area contributed by atoms with Gasteiger partial charge in [0.05, 0.1) is 7.11 Å². The van der Waals surface area contributed by atoms with Crippen LogP contribution in [0.2, 0.25) is 0 Å². The van der Waals surface area contributed by atoms with E-state index in [0.29, 0.717) is 0 Å². The zero-order valence-electron chi connectivity index (χ0n) is 20.2. The SMILES string of the molecule is CC[C@H](C)[C@@H](N=C[C@H]1O[C@@H]2OC3(CCCCC3)O[C@@H]2[C@H]2OC3(CCCCC3)O[C@H]21)C(=O)OC. The van der Waals surface area contributed by atoms with Crippen molar-refractivity contribution in [1.29, 1.82) is 0 Å². The summed E-state index contributed by atoms with van der Waals surface area (Å²) >= 11 is 0. The van der Waals surface area contributed by atoms with Crippen LogP contribution < -0.4 is 0 Å². The predicted molar refractivity (Wildman–Crippen MR) is 120 cm³/mol. The fourth-order valence-corrected chi connectivity index (χ4v) is 6.07. The lowest BCUT2D eigenvalue weighted by atomic mass is 9.94. The van der Waals surface area contributed by atoms with E-state index in [1.165, 1.54) is 20.0 Å². The lowest BCUT2D eigenvalue weighted by molar-refractivity contribution is -0.240. The molecule has 0 aromatic rings. The van der Waals surface area contributed by atoms with Crippen LogP contribution in [0.4, 0.5) is 0 Å². The summed E-state index contributed by atoms with van der Waals surface area (Å²) in [5.41, 5.74) is 0. The third kappa shape index (κ3) is 4.49. The number of esters is 1. The Bertz CT molecular complexity index is 730. The first kappa shape index (κ1) is 23.7. The molecule has 0 N–H and O–H groups in total. The monoisotopic (exact) mass is 465 g/mol. The van der Waals surface area contributed by atoms with Crippen LogP contribution >= 0.6 is 0 Å². The molecule has 0 unspecified atom stereocenters. The van der Waals surface area contributed by atoms with Gasteiger partial charge in [-0.25, -0.2) is 4.79 Å². The number of fused-ring (bicyclic) bond motifs is 3. The Kier molecular flexibility index (Phi) is 6.84. The highest BCUT2D eigenvalue weighted by atomic mass is 16.9. The van der Waals surface area contributed by atoms with E-state index in [1.807, 2.05) is 13.8 Å². The number of hydrogen-bond acceptors (Lipinski definition) is 8. The highest BCUT2D eigenvalue weighted by Gasteiger charge is 2.63. The molecule has 0 aromatic heterocycles. The second-order valence-corrected chi connectivity index (χ2v) is 10.4. The van der Waals surface area contributed by atoms with Gasteiger partial charge in [0.2, 0.25) is 0 Å². The number of carbonyl (C=O) groups excluding carboxylic acids is 1. The predicted octanol–water partition coefficient (Wildman–Crippen LogP) is 3.89. The molecule has 186 valence electrons. The van der Waals surface area contributed by atoms with Crippen molar-refractivity contribution in [2.75, 3.05) is 7.11 Å². The lowest BCUT2D eigenvalue weighted by Gasteiger charge is -2.35. The zero-order chi connectivity index (χ0) is 23.1. The molecule has 2 spiro atoms. The van der Waals surface area contributed by atoms with E-state index < -0.39 is 30.0 Å². The van der Waals surface area contributed by atoms with E-state index in [-0.39, 0.29) is 30.2 Å². The molecule has 2 saturated carbocycles. The van der Waals surface area contributed by atoms with Gasteiger partial charge >= 0.3 is 5.97 Å². The first-order chi connectivity index (χ1) is 16.0. The minimum Gasteiger partial charge on any atom is -0.467 e. The largest absolute Gasteiger partial charge is 0.467 e. The van der Waals surface area contributed by atoms with Crippen molar-refractivity contribution in [2.24, 2.45) is 10.9 Å². The number of hydrogen-bond donors (Lipinski definition) is 0. The summed E-state index contributed by atoms with van der Waals surface area (Å²) in [6.45, 7) is 4.05. The topological polar surface area (TPSA) is 84.8 Å². The summed E-state index contributed by atoms with van der Waals surface area (Å²) in [6.07, 6.45) is 10.9. The van der Waals surface area contributed by atoms with Gasteiger partial charge in [-0.3, -0.25) is 4.99 Å². The molecule has 0 bridgehead atoms. The lowest BCUT2D eigenvalue weighted by Crippen LogP contribution is -2.55. The number of ether oxygens (including phenoxy) is 6. The Labute approximate surface area is 196 Å². The maximum atomic E-state index is 12.4. The van der Waals surface area contributed by atoms with Crippen molar-refractivity contribution in [3.63, 3.8) is 0 Å². The van der Waals surface area contributed by atoms with Crippen LogP contribution in [0.1, 0.15) is 84.5 Å². The van der Waals surface area contributed by atoms with Gasteiger partial charge in [0.1, 0.15) is 30.5 Å². The fraction of sp³-hybridized carbons (Fsp3) is 0.920. The van der Waals surface area contributed by atoms with Crippen LogP contribution in [-0.2, 0) is 33.2 Å². The third-order valence-corrected chi connectivity index (χ3v) is 8.16. The molecule has 5 aliphatic rings. The van der Waals surface area contributed by atoms with E-state index >= 15 is 0 Å². The Morgan fingerprint density at radius 3 is 2.12 bits per heavy atom. The van der Waals surface area contributed by atoms with Crippen LogP contribution in [-0.4, -0.2) is 67.6 Å². The molecule has 5 fully saturated rings. The maximum absolute atomic E-state index is 12.4. The van der Waals surface area contributed by atoms with Gasteiger partial charge in [-0.15, -0.1) is 0 Å². The van der Waals surface area contributed by atoms with Gasteiger partial charge in [-0.05, 0) is 31.6 Å². The third-order valence-electron chi connectivity index (χ3n) is 8.16. The van der Waals surface area contributed by atoms with Crippen molar-refractivity contribution in [2.45, 2.75) is 133 Å². The molecular weight excluding hydrogens is 426 g/mol. The minimum atomic E-state index is -0.582. The van der Waals surface area contributed by atoms with Gasteiger partial charge < -0.3 is 28.4 Å². The molecule has 8 nitrogen and oxygen atoms in total. The summed E-state index contributed by atoms with van der Waals surface area (Å²) in [5.74, 6) is -1.44. The van der Waals surface area contributed by atoms with Crippen molar-refractivity contribution in [3.8, 4) is 0 Å². The van der Waals surface area contributed by atoms with E-state index in [1.54, 1.807) is 6.21 Å². The van der Waals surface area contributed by atoms with Gasteiger partial charge in [0.25, 0.3) is 0 Å².